The minimum Gasteiger partial charge on any atom is -0.494 e. The van der Waals surface area contributed by atoms with Crippen LogP contribution in [0.15, 0.2) is 66.7 Å². The Bertz CT molecular complexity index is 1110. The predicted molar refractivity (Wildman–Crippen MR) is 131 cm³/mol. The SMILES string of the molecule is CCOc1ccc(C(=O)Nc2ccc(Cl)cc2C(=O)c2ccccc2)cc1COCC(C)C. The van der Waals surface area contributed by atoms with Gasteiger partial charge in [0, 0.05) is 33.9 Å². The zero-order valence-electron chi connectivity index (χ0n) is 19.1. The summed E-state index contributed by atoms with van der Waals surface area (Å²) >= 11 is 6.15. The summed E-state index contributed by atoms with van der Waals surface area (Å²) in [6.45, 7) is 7.52. The summed E-state index contributed by atoms with van der Waals surface area (Å²) in [7, 11) is 0. The smallest absolute Gasteiger partial charge is 0.255 e. The number of carbonyl (C=O) groups excluding carboxylic acids is 2. The number of carbonyl (C=O) groups is 2. The van der Waals surface area contributed by atoms with E-state index in [4.69, 9.17) is 21.1 Å². The first kappa shape index (κ1) is 24.5. The highest BCUT2D eigenvalue weighted by Gasteiger charge is 2.18. The second-order valence-electron chi connectivity index (χ2n) is 8.00. The van der Waals surface area contributed by atoms with Crippen molar-refractivity contribution >= 4 is 29.0 Å². The van der Waals surface area contributed by atoms with Gasteiger partial charge in [0.15, 0.2) is 5.78 Å². The number of hydrogen-bond acceptors (Lipinski definition) is 4. The minimum atomic E-state index is -0.340. The first-order valence-electron chi connectivity index (χ1n) is 10.9. The lowest BCUT2D eigenvalue weighted by Crippen LogP contribution is -2.16. The maximum absolute atomic E-state index is 13.1. The topological polar surface area (TPSA) is 64.6 Å². The third-order valence-electron chi connectivity index (χ3n) is 4.84. The fraction of sp³-hybridized carbons (Fsp3) is 0.259. The molecule has 172 valence electrons. The van der Waals surface area contributed by atoms with Gasteiger partial charge in [0.1, 0.15) is 5.75 Å². The van der Waals surface area contributed by atoms with Crippen LogP contribution in [0, 0.1) is 5.92 Å². The van der Waals surface area contributed by atoms with Crippen LogP contribution in [0.1, 0.15) is 52.6 Å². The van der Waals surface area contributed by atoms with Crippen molar-refractivity contribution < 1.29 is 19.1 Å². The fourth-order valence-corrected chi connectivity index (χ4v) is 3.46. The molecule has 0 aliphatic rings. The molecular weight excluding hydrogens is 438 g/mol. The van der Waals surface area contributed by atoms with E-state index in [2.05, 4.69) is 19.2 Å². The van der Waals surface area contributed by atoms with Gasteiger partial charge in [-0.15, -0.1) is 0 Å². The Morgan fingerprint density at radius 1 is 0.970 bits per heavy atom. The van der Waals surface area contributed by atoms with Gasteiger partial charge < -0.3 is 14.8 Å². The molecular formula is C27H28ClNO4. The number of halogens is 1. The summed E-state index contributed by atoms with van der Waals surface area (Å²) in [5.74, 6) is 0.525. The van der Waals surface area contributed by atoms with Gasteiger partial charge in [-0.05, 0) is 49.2 Å². The van der Waals surface area contributed by atoms with Gasteiger partial charge >= 0.3 is 0 Å². The molecule has 0 bridgehead atoms. The molecule has 0 aliphatic heterocycles. The van der Waals surface area contributed by atoms with Gasteiger partial charge in [-0.3, -0.25) is 9.59 Å². The van der Waals surface area contributed by atoms with E-state index < -0.39 is 0 Å². The van der Waals surface area contributed by atoms with Gasteiger partial charge in [-0.25, -0.2) is 0 Å². The molecule has 0 fully saturated rings. The van der Waals surface area contributed by atoms with Crippen LogP contribution in [0.25, 0.3) is 0 Å². The molecule has 0 heterocycles. The van der Waals surface area contributed by atoms with Gasteiger partial charge in [-0.2, -0.15) is 0 Å². The number of nitrogens with one attached hydrogen (secondary N) is 1. The van der Waals surface area contributed by atoms with E-state index in [1.165, 1.54) is 0 Å². The van der Waals surface area contributed by atoms with Crippen molar-refractivity contribution in [1.29, 1.82) is 0 Å². The predicted octanol–water partition coefficient (Wildman–Crippen LogP) is 6.39. The lowest BCUT2D eigenvalue weighted by Gasteiger charge is -2.15. The number of anilines is 1. The van der Waals surface area contributed by atoms with E-state index in [9.17, 15) is 9.59 Å². The Hall–Kier alpha value is -3.15. The zero-order valence-corrected chi connectivity index (χ0v) is 19.8. The van der Waals surface area contributed by atoms with Crippen molar-refractivity contribution in [1.82, 2.24) is 0 Å². The van der Waals surface area contributed by atoms with Gasteiger partial charge in [-0.1, -0.05) is 55.8 Å². The fourth-order valence-electron chi connectivity index (χ4n) is 3.29. The molecule has 0 unspecified atom stereocenters. The molecule has 0 aromatic heterocycles. The Labute approximate surface area is 199 Å². The second kappa shape index (κ2) is 11.6. The Morgan fingerprint density at radius 2 is 1.73 bits per heavy atom. The van der Waals surface area contributed by atoms with E-state index in [1.54, 1.807) is 60.7 Å². The number of ether oxygens (including phenoxy) is 2. The van der Waals surface area contributed by atoms with Crippen molar-refractivity contribution in [3.05, 3.63) is 94.0 Å². The quantitative estimate of drug-likeness (QED) is 0.352. The number of hydrogen-bond donors (Lipinski definition) is 1. The van der Waals surface area contributed by atoms with E-state index in [-0.39, 0.29) is 11.7 Å². The van der Waals surface area contributed by atoms with Crippen LogP contribution < -0.4 is 10.1 Å². The molecule has 0 spiro atoms. The number of amides is 1. The summed E-state index contributed by atoms with van der Waals surface area (Å²) < 4.78 is 11.5. The van der Waals surface area contributed by atoms with E-state index in [1.807, 2.05) is 13.0 Å². The summed E-state index contributed by atoms with van der Waals surface area (Å²) in [5.41, 5.74) is 2.47. The normalized spacial score (nSPS) is 10.8. The largest absolute Gasteiger partial charge is 0.494 e. The van der Waals surface area contributed by atoms with Crippen LogP contribution in [0.4, 0.5) is 5.69 Å². The molecule has 33 heavy (non-hydrogen) atoms. The van der Waals surface area contributed by atoms with E-state index in [0.717, 1.165) is 5.56 Å². The van der Waals surface area contributed by atoms with Crippen LogP contribution in [0.3, 0.4) is 0 Å². The van der Waals surface area contributed by atoms with Gasteiger partial charge in [0.2, 0.25) is 0 Å². The standard InChI is InChI=1S/C27H28ClNO4/c1-4-33-25-13-10-20(14-21(25)17-32-16-18(2)3)27(31)29-24-12-11-22(28)15-23(24)26(30)19-8-6-5-7-9-19/h5-15,18H,4,16-17H2,1-3H3,(H,29,31). The zero-order chi connectivity index (χ0) is 23.8. The van der Waals surface area contributed by atoms with Crippen molar-refractivity contribution in [3.8, 4) is 5.75 Å². The van der Waals surface area contributed by atoms with Crippen molar-refractivity contribution in [3.63, 3.8) is 0 Å². The number of rotatable bonds is 10. The monoisotopic (exact) mass is 465 g/mol. The molecule has 3 aromatic carbocycles. The minimum absolute atomic E-state index is 0.220. The van der Waals surface area contributed by atoms with Crippen LogP contribution in [-0.2, 0) is 11.3 Å². The van der Waals surface area contributed by atoms with Crippen molar-refractivity contribution in [2.24, 2.45) is 5.92 Å². The Balaban J connectivity index is 1.86. The van der Waals surface area contributed by atoms with Crippen LogP contribution in [0.5, 0.6) is 5.75 Å². The van der Waals surface area contributed by atoms with Crippen LogP contribution in [-0.4, -0.2) is 24.9 Å². The number of ketones is 1. The van der Waals surface area contributed by atoms with Gasteiger partial charge in [0.05, 0.1) is 18.9 Å². The highest BCUT2D eigenvalue weighted by atomic mass is 35.5. The highest BCUT2D eigenvalue weighted by Crippen LogP contribution is 2.26. The molecule has 5 nitrogen and oxygen atoms in total. The van der Waals surface area contributed by atoms with Crippen molar-refractivity contribution in [2.75, 3.05) is 18.5 Å². The maximum Gasteiger partial charge on any atom is 0.255 e. The average Bonchev–Trinajstić information content (AvgIpc) is 2.81. The molecule has 3 aromatic rings. The van der Waals surface area contributed by atoms with Crippen LogP contribution in [0.2, 0.25) is 5.02 Å². The molecule has 6 heteroatoms. The van der Waals surface area contributed by atoms with E-state index >= 15 is 0 Å². The van der Waals surface area contributed by atoms with Crippen LogP contribution >= 0.6 is 11.6 Å². The van der Waals surface area contributed by atoms with Crippen molar-refractivity contribution in [2.45, 2.75) is 27.4 Å². The number of benzene rings is 3. The lowest BCUT2D eigenvalue weighted by molar-refractivity contribution is 0.0948. The molecule has 0 saturated carbocycles. The lowest BCUT2D eigenvalue weighted by atomic mass is 10.0. The first-order valence-corrected chi connectivity index (χ1v) is 11.3. The molecule has 0 radical (unpaired) electrons. The maximum atomic E-state index is 13.1. The summed E-state index contributed by atoms with van der Waals surface area (Å²) in [5, 5.41) is 3.27. The Kier molecular flexibility index (Phi) is 8.64. The highest BCUT2D eigenvalue weighted by molar-refractivity contribution is 6.31. The third-order valence-corrected chi connectivity index (χ3v) is 5.08. The Morgan fingerprint density at radius 3 is 2.42 bits per heavy atom. The summed E-state index contributed by atoms with van der Waals surface area (Å²) in [4.78, 5) is 26.1. The summed E-state index contributed by atoms with van der Waals surface area (Å²) in [6.07, 6.45) is 0. The molecule has 0 saturated heterocycles. The van der Waals surface area contributed by atoms with Gasteiger partial charge in [0.25, 0.3) is 5.91 Å². The summed E-state index contributed by atoms with van der Waals surface area (Å²) in [6, 6.07) is 18.9. The second-order valence-corrected chi connectivity index (χ2v) is 8.44. The molecule has 3 rings (SSSR count). The van der Waals surface area contributed by atoms with E-state index in [0.29, 0.717) is 58.9 Å². The third kappa shape index (κ3) is 6.67. The first-order chi connectivity index (χ1) is 15.9. The molecule has 0 atom stereocenters. The molecule has 1 N–H and O–H groups in total. The average molecular weight is 466 g/mol. The molecule has 0 aliphatic carbocycles. The molecule has 1 amide bonds.